The number of rotatable bonds is 7. The van der Waals surface area contributed by atoms with Crippen LogP contribution in [-0.4, -0.2) is 26.2 Å². The van der Waals surface area contributed by atoms with Gasteiger partial charge >= 0.3 is 0 Å². The third-order valence-corrected chi connectivity index (χ3v) is 3.06. The summed E-state index contributed by atoms with van der Waals surface area (Å²) in [5, 5.41) is 0. The molecule has 1 aliphatic rings. The fourth-order valence-corrected chi connectivity index (χ4v) is 1.87. The number of hydrogen-bond acceptors (Lipinski definition) is 5. The van der Waals surface area contributed by atoms with E-state index in [1.54, 1.807) is 0 Å². The van der Waals surface area contributed by atoms with E-state index in [0.717, 1.165) is 29.9 Å². The minimum absolute atomic E-state index is 0.106. The molecule has 0 amide bonds. The fraction of sp³-hybridized carbons (Fsp3) is 0.571. The van der Waals surface area contributed by atoms with Gasteiger partial charge in [0.1, 0.15) is 5.75 Å². The van der Waals surface area contributed by atoms with Gasteiger partial charge in [-0.05, 0) is 31.4 Å². The molecule has 0 radical (unpaired) electrons. The van der Waals surface area contributed by atoms with Crippen LogP contribution < -0.4 is 19.9 Å². The van der Waals surface area contributed by atoms with Crippen molar-refractivity contribution in [1.29, 1.82) is 0 Å². The molecule has 1 aliphatic heterocycles. The highest BCUT2D eigenvalue weighted by molar-refractivity contribution is 5.52. The molecule has 0 saturated heterocycles. The Morgan fingerprint density at radius 3 is 2.68 bits per heavy atom. The monoisotopic (exact) mass is 267 g/mol. The van der Waals surface area contributed by atoms with Gasteiger partial charge in [-0.1, -0.05) is 6.92 Å². The Morgan fingerprint density at radius 1 is 1.26 bits per heavy atom. The van der Waals surface area contributed by atoms with Gasteiger partial charge in [0.2, 0.25) is 6.79 Å². The first-order valence-corrected chi connectivity index (χ1v) is 6.63. The van der Waals surface area contributed by atoms with E-state index in [1.807, 2.05) is 19.1 Å². The van der Waals surface area contributed by atoms with Gasteiger partial charge in [-0.25, -0.2) is 0 Å². The first-order chi connectivity index (χ1) is 9.24. The van der Waals surface area contributed by atoms with Crippen molar-refractivity contribution >= 4 is 0 Å². The Labute approximate surface area is 113 Å². The van der Waals surface area contributed by atoms with Crippen LogP contribution in [-0.2, 0) is 11.2 Å². The second kappa shape index (κ2) is 6.63. The van der Waals surface area contributed by atoms with Crippen LogP contribution in [0.15, 0.2) is 12.1 Å². The molecular formula is C14H21NO4. The van der Waals surface area contributed by atoms with Gasteiger partial charge in [0.25, 0.3) is 0 Å². The molecule has 5 nitrogen and oxygen atoms in total. The van der Waals surface area contributed by atoms with Crippen LogP contribution in [0.1, 0.15) is 25.8 Å². The lowest BCUT2D eigenvalue weighted by molar-refractivity contribution is 0.0217. The second-order valence-electron chi connectivity index (χ2n) is 4.44. The van der Waals surface area contributed by atoms with E-state index in [1.165, 1.54) is 0 Å². The molecular weight excluding hydrogens is 246 g/mol. The van der Waals surface area contributed by atoms with E-state index in [2.05, 4.69) is 6.92 Å². The lowest BCUT2D eigenvalue weighted by Gasteiger charge is -2.15. The lowest BCUT2D eigenvalue weighted by Crippen LogP contribution is -2.21. The van der Waals surface area contributed by atoms with Crippen molar-refractivity contribution in [3.05, 3.63) is 17.7 Å². The number of benzene rings is 1. The van der Waals surface area contributed by atoms with Crippen LogP contribution in [0.2, 0.25) is 0 Å². The fourth-order valence-electron chi connectivity index (χ4n) is 1.87. The Bertz CT molecular complexity index is 422. The predicted octanol–water partition coefficient (Wildman–Crippen LogP) is 2.07. The lowest BCUT2D eigenvalue weighted by atomic mass is 10.0. The Kier molecular flexibility index (Phi) is 4.87. The molecule has 1 aromatic carbocycles. The molecule has 0 aromatic heterocycles. The summed E-state index contributed by atoms with van der Waals surface area (Å²) in [5.74, 6) is 2.21. The number of ether oxygens (including phenoxy) is 4. The van der Waals surface area contributed by atoms with Crippen molar-refractivity contribution in [1.82, 2.24) is 0 Å². The van der Waals surface area contributed by atoms with Gasteiger partial charge in [0.05, 0.1) is 0 Å². The van der Waals surface area contributed by atoms with Crippen molar-refractivity contribution in [2.24, 2.45) is 5.73 Å². The number of hydrogen-bond donors (Lipinski definition) is 1. The summed E-state index contributed by atoms with van der Waals surface area (Å²) in [6.07, 6.45) is 1.66. The zero-order chi connectivity index (χ0) is 13.7. The first-order valence-electron chi connectivity index (χ1n) is 6.63. The quantitative estimate of drug-likeness (QED) is 0.605. The van der Waals surface area contributed by atoms with Crippen LogP contribution in [0.25, 0.3) is 0 Å². The topological polar surface area (TPSA) is 62.9 Å². The largest absolute Gasteiger partial charge is 0.467 e. The summed E-state index contributed by atoms with van der Waals surface area (Å²) in [4.78, 5) is 0. The van der Waals surface area contributed by atoms with E-state index >= 15 is 0 Å². The van der Waals surface area contributed by atoms with Crippen molar-refractivity contribution in [2.75, 3.05) is 20.2 Å². The van der Waals surface area contributed by atoms with E-state index in [9.17, 15) is 0 Å². The van der Waals surface area contributed by atoms with Gasteiger partial charge in [-0.3, -0.25) is 0 Å². The van der Waals surface area contributed by atoms with Crippen LogP contribution in [0.4, 0.5) is 0 Å². The van der Waals surface area contributed by atoms with Crippen LogP contribution in [0, 0.1) is 0 Å². The highest BCUT2D eigenvalue weighted by Crippen LogP contribution is 2.38. The molecule has 0 spiro atoms. The molecule has 1 unspecified atom stereocenters. The molecule has 2 rings (SSSR count). The minimum Gasteiger partial charge on any atom is -0.467 e. The Hall–Kier alpha value is -1.46. The average Bonchev–Trinajstić information content (AvgIpc) is 2.86. The summed E-state index contributed by atoms with van der Waals surface area (Å²) >= 11 is 0. The molecule has 1 atom stereocenters. The standard InChI is InChI=1S/C14H21NO4/c1-3-11(15)5-10-6-13-14(19-9-18-13)7-12(10)17-8-16-4-2/h6-7,11H,3-5,8-9,15H2,1-2H3. The maximum absolute atomic E-state index is 6.02. The second-order valence-corrected chi connectivity index (χ2v) is 4.44. The SMILES string of the molecule is CCOCOc1cc2c(cc1CC(N)CC)OCO2. The molecule has 106 valence electrons. The molecule has 0 bridgehead atoms. The Morgan fingerprint density at radius 2 is 2.00 bits per heavy atom. The number of fused-ring (bicyclic) bond motifs is 1. The zero-order valence-electron chi connectivity index (χ0n) is 11.5. The van der Waals surface area contributed by atoms with Crippen molar-refractivity contribution < 1.29 is 18.9 Å². The summed E-state index contributed by atoms with van der Waals surface area (Å²) in [5.41, 5.74) is 7.04. The van der Waals surface area contributed by atoms with Crippen LogP contribution >= 0.6 is 0 Å². The predicted molar refractivity (Wildman–Crippen MR) is 71.7 cm³/mol. The Balaban J connectivity index is 2.16. The van der Waals surface area contributed by atoms with Gasteiger partial charge in [-0.2, -0.15) is 0 Å². The van der Waals surface area contributed by atoms with Crippen LogP contribution in [0.5, 0.6) is 17.2 Å². The summed E-state index contributed by atoms with van der Waals surface area (Å²) in [6, 6.07) is 3.90. The van der Waals surface area contributed by atoms with E-state index < -0.39 is 0 Å². The van der Waals surface area contributed by atoms with Crippen molar-refractivity contribution in [3.8, 4) is 17.2 Å². The molecule has 1 aromatic rings. The smallest absolute Gasteiger partial charge is 0.231 e. The van der Waals surface area contributed by atoms with Gasteiger partial charge < -0.3 is 24.7 Å². The first kappa shape index (κ1) is 14.0. The molecule has 0 saturated carbocycles. The van der Waals surface area contributed by atoms with E-state index in [4.69, 9.17) is 24.7 Å². The van der Waals surface area contributed by atoms with Gasteiger partial charge in [0, 0.05) is 18.7 Å². The average molecular weight is 267 g/mol. The highest BCUT2D eigenvalue weighted by Gasteiger charge is 2.19. The van der Waals surface area contributed by atoms with Crippen molar-refractivity contribution in [3.63, 3.8) is 0 Å². The summed E-state index contributed by atoms with van der Waals surface area (Å²) in [6.45, 7) is 5.09. The van der Waals surface area contributed by atoms with Gasteiger partial charge in [0.15, 0.2) is 18.3 Å². The minimum atomic E-state index is 0.106. The third-order valence-electron chi connectivity index (χ3n) is 3.06. The molecule has 0 fully saturated rings. The number of nitrogens with two attached hydrogens (primary N) is 1. The molecule has 5 heteroatoms. The molecule has 2 N–H and O–H groups in total. The van der Waals surface area contributed by atoms with Gasteiger partial charge in [-0.15, -0.1) is 0 Å². The van der Waals surface area contributed by atoms with Crippen molar-refractivity contribution in [2.45, 2.75) is 32.7 Å². The zero-order valence-corrected chi connectivity index (χ0v) is 11.5. The maximum atomic E-state index is 6.02. The van der Waals surface area contributed by atoms with E-state index in [0.29, 0.717) is 12.4 Å². The summed E-state index contributed by atoms with van der Waals surface area (Å²) in [7, 11) is 0. The highest BCUT2D eigenvalue weighted by atomic mass is 16.7. The van der Waals surface area contributed by atoms with Crippen LogP contribution in [0.3, 0.4) is 0 Å². The normalized spacial score (nSPS) is 14.5. The summed E-state index contributed by atoms with van der Waals surface area (Å²) < 4.78 is 21.6. The molecule has 19 heavy (non-hydrogen) atoms. The third kappa shape index (κ3) is 3.52. The molecule has 0 aliphatic carbocycles. The molecule has 1 heterocycles. The maximum Gasteiger partial charge on any atom is 0.231 e. The van der Waals surface area contributed by atoms with E-state index in [-0.39, 0.29) is 19.6 Å².